The summed E-state index contributed by atoms with van der Waals surface area (Å²) in [5.41, 5.74) is 2.37. The molecular weight excluding hydrogens is 363 g/mol. The molecule has 2 heterocycles. The maximum absolute atomic E-state index is 6.35. The molecule has 3 rings (SSSR count). The van der Waals surface area contributed by atoms with Gasteiger partial charge in [0.05, 0.1) is 21.4 Å². The molecule has 114 valence electrons. The van der Waals surface area contributed by atoms with Crippen molar-refractivity contribution >= 4 is 46.6 Å². The van der Waals surface area contributed by atoms with Gasteiger partial charge in [0.15, 0.2) is 0 Å². The Balaban J connectivity index is 2.31. The maximum Gasteiger partial charge on any atom is 0.119 e. The smallest absolute Gasteiger partial charge is 0.119 e. The molecule has 0 unspecified atom stereocenters. The summed E-state index contributed by atoms with van der Waals surface area (Å²) in [6.45, 7) is 0. The van der Waals surface area contributed by atoms with E-state index in [1.54, 1.807) is 36.4 Å². The predicted octanol–water partition coefficient (Wildman–Crippen LogP) is 4.95. The van der Waals surface area contributed by atoms with Gasteiger partial charge in [0.2, 0.25) is 0 Å². The average molecular weight is 374 g/mol. The molecule has 0 N–H and O–H groups in total. The van der Waals surface area contributed by atoms with Crippen molar-refractivity contribution in [3.8, 4) is 16.9 Å². The molecule has 3 aromatic rings. The maximum atomic E-state index is 6.35. The predicted molar refractivity (Wildman–Crippen MR) is 92.6 cm³/mol. The van der Waals surface area contributed by atoms with E-state index >= 15 is 0 Å². The molecule has 0 aliphatic carbocycles. The molecule has 0 fully saturated rings. The molecule has 0 aliphatic rings. The number of aromatic nitrogens is 4. The molecule has 0 radical (unpaired) electrons. The van der Waals surface area contributed by atoms with E-state index in [9.17, 15) is 0 Å². The SMILES string of the molecule is CSc1c(-n2ccnc2)c(-c2cc(Cl)c(Cl)cc2Cl)nn1C. The lowest BCUT2D eigenvalue weighted by Gasteiger charge is -2.08. The van der Waals surface area contributed by atoms with Crippen LogP contribution in [0.5, 0.6) is 0 Å². The van der Waals surface area contributed by atoms with E-state index in [1.807, 2.05) is 28.7 Å². The van der Waals surface area contributed by atoms with Gasteiger partial charge in [-0.2, -0.15) is 5.10 Å². The Labute approximate surface area is 147 Å². The Morgan fingerprint density at radius 3 is 2.45 bits per heavy atom. The molecule has 8 heteroatoms. The topological polar surface area (TPSA) is 35.6 Å². The third-order valence-electron chi connectivity index (χ3n) is 3.19. The first-order valence-corrected chi connectivity index (χ1v) is 8.63. The van der Waals surface area contributed by atoms with E-state index in [1.165, 1.54) is 0 Å². The van der Waals surface area contributed by atoms with Gasteiger partial charge >= 0.3 is 0 Å². The highest BCUT2D eigenvalue weighted by molar-refractivity contribution is 7.98. The summed E-state index contributed by atoms with van der Waals surface area (Å²) >= 11 is 20.1. The van der Waals surface area contributed by atoms with Crippen LogP contribution in [-0.4, -0.2) is 25.6 Å². The lowest BCUT2D eigenvalue weighted by Crippen LogP contribution is -1.95. The van der Waals surface area contributed by atoms with Crippen LogP contribution in [-0.2, 0) is 7.05 Å². The minimum absolute atomic E-state index is 0.417. The van der Waals surface area contributed by atoms with Crippen LogP contribution in [0, 0.1) is 0 Å². The lowest BCUT2D eigenvalue weighted by molar-refractivity contribution is 0.698. The minimum atomic E-state index is 0.417. The molecular formula is C14H11Cl3N4S. The number of aryl methyl sites for hydroxylation is 1. The van der Waals surface area contributed by atoms with Crippen LogP contribution in [0.2, 0.25) is 15.1 Å². The molecule has 0 bridgehead atoms. The summed E-state index contributed by atoms with van der Waals surface area (Å²) in [7, 11) is 1.89. The Morgan fingerprint density at radius 1 is 1.09 bits per heavy atom. The van der Waals surface area contributed by atoms with Gasteiger partial charge in [-0.1, -0.05) is 34.8 Å². The van der Waals surface area contributed by atoms with Gasteiger partial charge in [-0.15, -0.1) is 11.8 Å². The Morgan fingerprint density at radius 2 is 1.82 bits per heavy atom. The first-order chi connectivity index (χ1) is 10.5. The van der Waals surface area contributed by atoms with Crippen molar-refractivity contribution in [3.05, 3.63) is 45.9 Å². The molecule has 4 nitrogen and oxygen atoms in total. The summed E-state index contributed by atoms with van der Waals surface area (Å²) in [5.74, 6) is 0. The van der Waals surface area contributed by atoms with Crippen LogP contribution in [0.15, 0.2) is 35.9 Å². The van der Waals surface area contributed by atoms with Gasteiger partial charge in [0.25, 0.3) is 0 Å². The number of nitrogens with zero attached hydrogens (tertiary/aromatic N) is 4. The van der Waals surface area contributed by atoms with Crippen molar-refractivity contribution in [2.24, 2.45) is 7.05 Å². The Bertz CT molecular complexity index is 827. The molecule has 0 atom stereocenters. The molecule has 0 spiro atoms. The van der Waals surface area contributed by atoms with Crippen LogP contribution in [0.1, 0.15) is 0 Å². The number of halogens is 3. The zero-order valence-electron chi connectivity index (χ0n) is 11.7. The van der Waals surface area contributed by atoms with Gasteiger partial charge in [-0.05, 0) is 18.4 Å². The van der Waals surface area contributed by atoms with E-state index in [-0.39, 0.29) is 0 Å². The van der Waals surface area contributed by atoms with Gasteiger partial charge in [0.1, 0.15) is 16.4 Å². The number of hydrogen-bond acceptors (Lipinski definition) is 3. The van der Waals surface area contributed by atoms with Crippen molar-refractivity contribution in [1.29, 1.82) is 0 Å². The zero-order chi connectivity index (χ0) is 15.9. The van der Waals surface area contributed by atoms with Crippen LogP contribution in [0.25, 0.3) is 16.9 Å². The second-order valence-corrected chi connectivity index (χ2v) is 6.56. The minimum Gasteiger partial charge on any atom is -0.302 e. The summed E-state index contributed by atoms with van der Waals surface area (Å²) in [6, 6.07) is 3.37. The second-order valence-electron chi connectivity index (χ2n) is 4.55. The fraction of sp³-hybridized carbons (Fsp3) is 0.143. The van der Waals surface area contributed by atoms with Crippen LogP contribution in [0.4, 0.5) is 0 Å². The van der Waals surface area contributed by atoms with E-state index in [0.29, 0.717) is 15.1 Å². The van der Waals surface area contributed by atoms with E-state index < -0.39 is 0 Å². The molecule has 0 saturated heterocycles. The van der Waals surface area contributed by atoms with Crippen molar-refractivity contribution in [1.82, 2.24) is 19.3 Å². The number of imidazole rings is 1. The highest BCUT2D eigenvalue weighted by Crippen LogP contribution is 2.39. The first-order valence-electron chi connectivity index (χ1n) is 6.27. The van der Waals surface area contributed by atoms with Gasteiger partial charge in [0, 0.05) is 25.0 Å². The first kappa shape index (κ1) is 15.7. The third-order valence-corrected chi connectivity index (χ3v) is 5.07. The van der Waals surface area contributed by atoms with Gasteiger partial charge < -0.3 is 4.57 Å². The molecule has 0 amide bonds. The third kappa shape index (κ3) is 2.63. The molecule has 0 saturated carbocycles. The number of benzene rings is 1. The molecule has 0 aliphatic heterocycles. The van der Waals surface area contributed by atoms with Crippen molar-refractivity contribution in [2.75, 3.05) is 6.26 Å². The molecule has 2 aromatic heterocycles. The van der Waals surface area contributed by atoms with Crippen molar-refractivity contribution < 1.29 is 0 Å². The molecule has 1 aromatic carbocycles. The van der Waals surface area contributed by atoms with Crippen molar-refractivity contribution in [2.45, 2.75) is 5.03 Å². The summed E-state index contributed by atoms with van der Waals surface area (Å²) < 4.78 is 3.72. The van der Waals surface area contributed by atoms with Crippen LogP contribution in [0.3, 0.4) is 0 Å². The van der Waals surface area contributed by atoms with Crippen LogP contribution < -0.4 is 0 Å². The quantitative estimate of drug-likeness (QED) is 0.481. The van der Waals surface area contributed by atoms with Crippen molar-refractivity contribution in [3.63, 3.8) is 0 Å². The highest BCUT2D eigenvalue weighted by Gasteiger charge is 2.21. The van der Waals surface area contributed by atoms with Crippen LogP contribution >= 0.6 is 46.6 Å². The second kappa shape index (κ2) is 6.16. The number of thioether (sulfide) groups is 1. The van der Waals surface area contributed by atoms with E-state index in [2.05, 4.69) is 10.1 Å². The fourth-order valence-corrected chi connectivity index (χ4v) is 3.57. The lowest BCUT2D eigenvalue weighted by atomic mass is 10.1. The fourth-order valence-electron chi connectivity index (χ4n) is 2.24. The monoisotopic (exact) mass is 372 g/mol. The van der Waals surface area contributed by atoms with E-state index in [4.69, 9.17) is 34.8 Å². The van der Waals surface area contributed by atoms with E-state index in [0.717, 1.165) is 22.0 Å². The largest absolute Gasteiger partial charge is 0.302 e. The summed E-state index contributed by atoms with van der Waals surface area (Å²) in [6.07, 6.45) is 7.31. The number of hydrogen-bond donors (Lipinski definition) is 0. The number of rotatable bonds is 3. The standard InChI is InChI=1S/C14H11Cl3N4S/c1-20-14(22-2)13(21-4-3-18-7-21)12(19-20)8-5-10(16)11(17)6-9(8)15/h3-7H,1-2H3. The summed E-state index contributed by atoms with van der Waals surface area (Å²) in [5, 5.41) is 6.95. The average Bonchev–Trinajstić information content (AvgIpc) is 3.09. The Kier molecular flexibility index (Phi) is 4.41. The molecule has 22 heavy (non-hydrogen) atoms. The van der Waals surface area contributed by atoms with Gasteiger partial charge in [-0.25, -0.2) is 4.98 Å². The Hall–Kier alpha value is -1.14. The van der Waals surface area contributed by atoms with Gasteiger partial charge in [-0.3, -0.25) is 4.68 Å². The normalized spacial score (nSPS) is 11.1. The highest BCUT2D eigenvalue weighted by atomic mass is 35.5. The summed E-state index contributed by atoms with van der Waals surface area (Å²) in [4.78, 5) is 4.11. The zero-order valence-corrected chi connectivity index (χ0v) is 14.8.